The van der Waals surface area contributed by atoms with Crippen molar-refractivity contribution in [2.45, 2.75) is 64.8 Å². The molecule has 1 atom stereocenters. The lowest BCUT2D eigenvalue weighted by atomic mass is 10.1. The van der Waals surface area contributed by atoms with Gasteiger partial charge >= 0.3 is 0 Å². The predicted octanol–water partition coefficient (Wildman–Crippen LogP) is 3.28. The van der Waals surface area contributed by atoms with Crippen LogP contribution in [0, 0.1) is 5.92 Å². The normalized spacial score (nSPS) is 17.6. The van der Waals surface area contributed by atoms with Crippen molar-refractivity contribution in [3.63, 3.8) is 0 Å². The Morgan fingerprint density at radius 1 is 1.18 bits per heavy atom. The molecule has 1 N–H and O–H groups in total. The Labute approximate surface area is 108 Å². The minimum atomic E-state index is 0.850. The van der Waals surface area contributed by atoms with Crippen LogP contribution >= 0.6 is 0 Å². The molecule has 0 saturated heterocycles. The number of rotatable bonds is 11. The van der Waals surface area contributed by atoms with Crippen LogP contribution in [0.25, 0.3) is 0 Å². The summed E-state index contributed by atoms with van der Waals surface area (Å²) in [6, 6.07) is 0.886. The SMILES string of the molecule is CCC(C)CN(C)CCCCCCNC1CC1. The second kappa shape index (κ2) is 8.93. The lowest BCUT2D eigenvalue weighted by Crippen LogP contribution is -2.25. The first-order chi connectivity index (χ1) is 8.22. The number of hydrogen-bond acceptors (Lipinski definition) is 2. The highest BCUT2D eigenvalue weighted by Crippen LogP contribution is 2.18. The quantitative estimate of drug-likeness (QED) is 0.558. The topological polar surface area (TPSA) is 15.3 Å². The van der Waals surface area contributed by atoms with Gasteiger partial charge in [-0.1, -0.05) is 33.1 Å². The molecule has 0 aromatic carbocycles. The molecule has 0 radical (unpaired) electrons. The standard InChI is InChI=1S/C15H32N2/c1-4-14(2)13-17(3)12-8-6-5-7-11-16-15-9-10-15/h14-16H,4-13H2,1-3H3. The van der Waals surface area contributed by atoms with Crippen molar-refractivity contribution in [1.82, 2.24) is 10.2 Å². The van der Waals surface area contributed by atoms with Crippen molar-refractivity contribution in [1.29, 1.82) is 0 Å². The van der Waals surface area contributed by atoms with E-state index in [-0.39, 0.29) is 0 Å². The molecule has 1 rings (SSSR count). The first kappa shape index (κ1) is 15.0. The zero-order chi connectivity index (χ0) is 12.5. The third-order valence-corrected chi connectivity index (χ3v) is 3.80. The van der Waals surface area contributed by atoms with Gasteiger partial charge in [0.1, 0.15) is 0 Å². The van der Waals surface area contributed by atoms with Crippen LogP contribution in [0.2, 0.25) is 0 Å². The van der Waals surface area contributed by atoms with Gasteiger partial charge in [0.05, 0.1) is 0 Å². The second-order valence-electron chi connectivity index (χ2n) is 5.92. The molecule has 2 heteroatoms. The zero-order valence-electron chi connectivity index (χ0n) is 12.2. The molecule has 0 bridgehead atoms. The molecule has 1 aliphatic rings. The first-order valence-electron chi connectivity index (χ1n) is 7.64. The summed E-state index contributed by atoms with van der Waals surface area (Å²) in [5, 5.41) is 3.58. The van der Waals surface area contributed by atoms with Gasteiger partial charge < -0.3 is 10.2 Å². The third kappa shape index (κ3) is 8.62. The fourth-order valence-corrected chi connectivity index (χ4v) is 2.21. The van der Waals surface area contributed by atoms with Crippen molar-refractivity contribution >= 4 is 0 Å². The Hall–Kier alpha value is -0.0800. The molecular weight excluding hydrogens is 208 g/mol. The van der Waals surface area contributed by atoms with Crippen LogP contribution in [0.1, 0.15) is 58.8 Å². The van der Waals surface area contributed by atoms with Gasteiger partial charge in [-0.15, -0.1) is 0 Å². The molecule has 0 heterocycles. The second-order valence-corrected chi connectivity index (χ2v) is 5.92. The lowest BCUT2D eigenvalue weighted by Gasteiger charge is -2.20. The third-order valence-electron chi connectivity index (χ3n) is 3.80. The fourth-order valence-electron chi connectivity index (χ4n) is 2.21. The van der Waals surface area contributed by atoms with E-state index in [9.17, 15) is 0 Å². The first-order valence-corrected chi connectivity index (χ1v) is 7.64. The molecule has 0 aliphatic heterocycles. The molecule has 0 spiro atoms. The van der Waals surface area contributed by atoms with Crippen LogP contribution in [-0.4, -0.2) is 37.6 Å². The minimum absolute atomic E-state index is 0.850. The van der Waals surface area contributed by atoms with Gasteiger partial charge in [0, 0.05) is 12.6 Å². The van der Waals surface area contributed by atoms with E-state index in [1.165, 1.54) is 64.6 Å². The largest absolute Gasteiger partial charge is 0.314 e. The summed E-state index contributed by atoms with van der Waals surface area (Å²) in [5.41, 5.74) is 0. The van der Waals surface area contributed by atoms with Gasteiger partial charge in [-0.2, -0.15) is 0 Å². The average molecular weight is 240 g/mol. The minimum Gasteiger partial charge on any atom is -0.314 e. The molecule has 0 aromatic heterocycles. The van der Waals surface area contributed by atoms with Crippen LogP contribution in [0.5, 0.6) is 0 Å². The van der Waals surface area contributed by atoms with E-state index in [0.29, 0.717) is 0 Å². The van der Waals surface area contributed by atoms with Gasteiger partial charge in [-0.05, 0) is 51.7 Å². The van der Waals surface area contributed by atoms with Crippen molar-refractivity contribution in [2.24, 2.45) is 5.92 Å². The highest BCUT2D eigenvalue weighted by atomic mass is 15.1. The maximum atomic E-state index is 3.58. The van der Waals surface area contributed by atoms with E-state index in [1.54, 1.807) is 0 Å². The highest BCUT2D eigenvalue weighted by Gasteiger charge is 2.19. The maximum absolute atomic E-state index is 3.58. The van der Waals surface area contributed by atoms with Gasteiger partial charge in [-0.25, -0.2) is 0 Å². The smallest absolute Gasteiger partial charge is 0.00682 e. The molecule has 1 aliphatic carbocycles. The summed E-state index contributed by atoms with van der Waals surface area (Å²) in [6.07, 6.45) is 9.67. The molecule has 2 nitrogen and oxygen atoms in total. The van der Waals surface area contributed by atoms with Crippen molar-refractivity contribution in [3.8, 4) is 0 Å². The molecule has 102 valence electrons. The summed E-state index contributed by atoms with van der Waals surface area (Å²) in [5.74, 6) is 0.850. The van der Waals surface area contributed by atoms with Crippen LogP contribution in [0.3, 0.4) is 0 Å². The van der Waals surface area contributed by atoms with Crippen LogP contribution in [0.4, 0.5) is 0 Å². The number of unbranched alkanes of at least 4 members (excludes halogenated alkanes) is 3. The molecule has 1 fully saturated rings. The van der Waals surface area contributed by atoms with Gasteiger partial charge in [-0.3, -0.25) is 0 Å². The van der Waals surface area contributed by atoms with Crippen LogP contribution in [-0.2, 0) is 0 Å². The summed E-state index contributed by atoms with van der Waals surface area (Å²) in [7, 11) is 2.26. The monoisotopic (exact) mass is 240 g/mol. The van der Waals surface area contributed by atoms with Crippen LogP contribution < -0.4 is 5.32 Å². The highest BCUT2D eigenvalue weighted by molar-refractivity contribution is 4.80. The van der Waals surface area contributed by atoms with E-state index in [2.05, 4.69) is 31.1 Å². The Bertz CT molecular complexity index is 178. The summed E-state index contributed by atoms with van der Waals surface area (Å²) in [6.45, 7) is 8.42. The van der Waals surface area contributed by atoms with E-state index in [4.69, 9.17) is 0 Å². The van der Waals surface area contributed by atoms with Crippen molar-refractivity contribution < 1.29 is 0 Å². The number of nitrogens with zero attached hydrogens (tertiary/aromatic N) is 1. The average Bonchev–Trinajstić information content (AvgIpc) is 3.11. The molecule has 0 amide bonds. The number of hydrogen-bond donors (Lipinski definition) is 1. The Morgan fingerprint density at radius 3 is 2.53 bits per heavy atom. The molecule has 0 aromatic rings. The van der Waals surface area contributed by atoms with E-state index < -0.39 is 0 Å². The summed E-state index contributed by atoms with van der Waals surface area (Å²) in [4.78, 5) is 2.50. The van der Waals surface area contributed by atoms with E-state index >= 15 is 0 Å². The van der Waals surface area contributed by atoms with E-state index in [0.717, 1.165) is 12.0 Å². The van der Waals surface area contributed by atoms with Crippen molar-refractivity contribution in [2.75, 3.05) is 26.7 Å². The fraction of sp³-hybridized carbons (Fsp3) is 1.00. The van der Waals surface area contributed by atoms with Gasteiger partial charge in [0.2, 0.25) is 0 Å². The molecule has 17 heavy (non-hydrogen) atoms. The number of nitrogens with one attached hydrogen (secondary N) is 1. The molecular formula is C15H32N2. The summed E-state index contributed by atoms with van der Waals surface area (Å²) < 4.78 is 0. The van der Waals surface area contributed by atoms with E-state index in [1.807, 2.05) is 0 Å². The van der Waals surface area contributed by atoms with Crippen molar-refractivity contribution in [3.05, 3.63) is 0 Å². The zero-order valence-corrected chi connectivity index (χ0v) is 12.2. The lowest BCUT2D eigenvalue weighted by molar-refractivity contribution is 0.276. The predicted molar refractivity (Wildman–Crippen MR) is 76.4 cm³/mol. The Morgan fingerprint density at radius 2 is 1.88 bits per heavy atom. The van der Waals surface area contributed by atoms with Gasteiger partial charge in [0.25, 0.3) is 0 Å². The summed E-state index contributed by atoms with van der Waals surface area (Å²) >= 11 is 0. The maximum Gasteiger partial charge on any atom is 0.00682 e. The van der Waals surface area contributed by atoms with Crippen LogP contribution in [0.15, 0.2) is 0 Å². The van der Waals surface area contributed by atoms with Gasteiger partial charge in [0.15, 0.2) is 0 Å². The Kier molecular flexibility index (Phi) is 7.87. The molecule has 1 unspecified atom stereocenters. The molecule has 1 saturated carbocycles. The Balaban J connectivity index is 1.78.